The molecule has 3 rings (SSSR count). The summed E-state index contributed by atoms with van der Waals surface area (Å²) in [4.78, 5) is 13.1. The molecule has 96 valence electrons. The maximum Gasteiger partial charge on any atom is 0.163 e. The van der Waals surface area contributed by atoms with Gasteiger partial charge in [0, 0.05) is 6.54 Å². The molecule has 0 bridgehead atoms. The Hall–Kier alpha value is -1.49. The van der Waals surface area contributed by atoms with Crippen LogP contribution in [0.25, 0.3) is 11.2 Å². The second kappa shape index (κ2) is 5.02. The number of nitrogens with zero attached hydrogens (tertiary/aromatic N) is 4. The van der Waals surface area contributed by atoms with Gasteiger partial charge in [0.1, 0.15) is 11.8 Å². The van der Waals surface area contributed by atoms with Gasteiger partial charge in [0.05, 0.1) is 12.0 Å². The van der Waals surface area contributed by atoms with Crippen LogP contribution in [0.5, 0.6) is 0 Å². The zero-order valence-corrected chi connectivity index (χ0v) is 10.8. The summed E-state index contributed by atoms with van der Waals surface area (Å²) >= 11 is 0. The maximum absolute atomic E-state index is 4.47. The molecule has 1 unspecified atom stereocenters. The molecular weight excluding hydrogens is 226 g/mol. The molecule has 18 heavy (non-hydrogen) atoms. The molecule has 1 fully saturated rings. The van der Waals surface area contributed by atoms with Crippen LogP contribution in [0.2, 0.25) is 0 Å². The average Bonchev–Trinajstić information content (AvgIpc) is 2.83. The quantitative estimate of drug-likeness (QED) is 0.887. The Balaban J connectivity index is 1.88. The third-order valence-corrected chi connectivity index (χ3v) is 3.67. The number of imidazole rings is 1. The Bertz CT molecular complexity index is 527. The van der Waals surface area contributed by atoms with E-state index < -0.39 is 0 Å². The van der Waals surface area contributed by atoms with Crippen molar-refractivity contribution in [2.45, 2.75) is 32.7 Å². The lowest BCUT2D eigenvalue weighted by Gasteiger charge is -2.22. The molecular formula is C13H19N5. The molecule has 1 saturated heterocycles. The van der Waals surface area contributed by atoms with Crippen molar-refractivity contribution in [3.63, 3.8) is 0 Å². The van der Waals surface area contributed by atoms with E-state index in [9.17, 15) is 0 Å². The molecule has 0 amide bonds. The van der Waals surface area contributed by atoms with Gasteiger partial charge in [-0.2, -0.15) is 0 Å². The van der Waals surface area contributed by atoms with Gasteiger partial charge in [-0.05, 0) is 38.3 Å². The van der Waals surface area contributed by atoms with Gasteiger partial charge in [-0.25, -0.2) is 15.0 Å². The first-order valence-corrected chi connectivity index (χ1v) is 6.74. The second-order valence-corrected chi connectivity index (χ2v) is 4.96. The summed E-state index contributed by atoms with van der Waals surface area (Å²) in [5, 5.41) is 3.45. The van der Waals surface area contributed by atoms with Crippen LogP contribution in [0.4, 0.5) is 0 Å². The highest BCUT2D eigenvalue weighted by atomic mass is 15.1. The van der Waals surface area contributed by atoms with Gasteiger partial charge in [0.2, 0.25) is 0 Å². The maximum atomic E-state index is 4.47. The van der Waals surface area contributed by atoms with E-state index in [2.05, 4.69) is 31.8 Å². The molecule has 0 aromatic carbocycles. The largest absolute Gasteiger partial charge is 0.316 e. The standard InChI is InChI=1S/C13H19N5/c1-2-11-12-13(16-8-15-11)18(9-17-12)7-10-4-3-5-14-6-10/h8-10,14H,2-7H2,1H3. The highest BCUT2D eigenvalue weighted by molar-refractivity contribution is 5.72. The molecule has 0 saturated carbocycles. The predicted molar refractivity (Wildman–Crippen MR) is 70.3 cm³/mol. The summed E-state index contributed by atoms with van der Waals surface area (Å²) in [6.45, 7) is 5.37. The topological polar surface area (TPSA) is 55.6 Å². The van der Waals surface area contributed by atoms with E-state index in [4.69, 9.17) is 0 Å². The summed E-state index contributed by atoms with van der Waals surface area (Å²) in [7, 11) is 0. The van der Waals surface area contributed by atoms with Crippen LogP contribution in [0.3, 0.4) is 0 Å². The van der Waals surface area contributed by atoms with Crippen molar-refractivity contribution in [3.8, 4) is 0 Å². The normalized spacial score (nSPS) is 20.4. The smallest absolute Gasteiger partial charge is 0.163 e. The Labute approximate surface area is 107 Å². The van der Waals surface area contributed by atoms with E-state index in [0.717, 1.165) is 42.9 Å². The summed E-state index contributed by atoms with van der Waals surface area (Å²) in [5.74, 6) is 0.691. The first-order chi connectivity index (χ1) is 8.88. The Morgan fingerprint density at radius 1 is 1.39 bits per heavy atom. The van der Waals surface area contributed by atoms with Gasteiger partial charge in [-0.15, -0.1) is 0 Å². The van der Waals surface area contributed by atoms with Crippen molar-refractivity contribution in [2.75, 3.05) is 13.1 Å². The average molecular weight is 245 g/mol. The summed E-state index contributed by atoms with van der Waals surface area (Å²) in [6.07, 6.45) is 7.03. The van der Waals surface area contributed by atoms with E-state index in [-0.39, 0.29) is 0 Å². The minimum absolute atomic E-state index is 0.691. The van der Waals surface area contributed by atoms with Crippen LogP contribution >= 0.6 is 0 Å². The molecule has 2 aromatic rings. The van der Waals surface area contributed by atoms with Gasteiger partial charge in [0.25, 0.3) is 0 Å². The van der Waals surface area contributed by atoms with Gasteiger partial charge in [-0.3, -0.25) is 0 Å². The monoisotopic (exact) mass is 245 g/mol. The van der Waals surface area contributed by atoms with Gasteiger partial charge >= 0.3 is 0 Å². The fourth-order valence-electron chi connectivity index (χ4n) is 2.68. The molecule has 2 aromatic heterocycles. The Morgan fingerprint density at radius 2 is 2.33 bits per heavy atom. The lowest BCUT2D eigenvalue weighted by Crippen LogP contribution is -2.32. The number of nitrogens with one attached hydrogen (secondary N) is 1. The molecule has 1 aliphatic rings. The van der Waals surface area contributed by atoms with Crippen molar-refractivity contribution in [3.05, 3.63) is 18.3 Å². The minimum Gasteiger partial charge on any atom is -0.316 e. The molecule has 5 heteroatoms. The van der Waals surface area contributed by atoms with Crippen molar-refractivity contribution >= 4 is 11.2 Å². The molecule has 5 nitrogen and oxygen atoms in total. The van der Waals surface area contributed by atoms with Crippen LogP contribution in [-0.4, -0.2) is 32.6 Å². The van der Waals surface area contributed by atoms with Crippen LogP contribution in [0.1, 0.15) is 25.5 Å². The van der Waals surface area contributed by atoms with Crippen LogP contribution in [0.15, 0.2) is 12.7 Å². The molecule has 1 aliphatic heterocycles. The number of aryl methyl sites for hydroxylation is 1. The third-order valence-electron chi connectivity index (χ3n) is 3.67. The van der Waals surface area contributed by atoms with Crippen LogP contribution in [-0.2, 0) is 13.0 Å². The number of piperidine rings is 1. The van der Waals surface area contributed by atoms with Crippen LogP contribution < -0.4 is 5.32 Å². The minimum atomic E-state index is 0.691. The highest BCUT2D eigenvalue weighted by Crippen LogP contribution is 2.17. The Morgan fingerprint density at radius 3 is 3.11 bits per heavy atom. The SMILES string of the molecule is CCc1ncnc2c1ncn2CC1CCCNC1. The first-order valence-electron chi connectivity index (χ1n) is 6.74. The highest BCUT2D eigenvalue weighted by Gasteiger charge is 2.16. The molecule has 0 radical (unpaired) electrons. The number of fused-ring (bicyclic) bond motifs is 1. The molecule has 0 aliphatic carbocycles. The second-order valence-electron chi connectivity index (χ2n) is 4.96. The lowest BCUT2D eigenvalue weighted by molar-refractivity contribution is 0.339. The van der Waals surface area contributed by atoms with Crippen molar-refractivity contribution in [2.24, 2.45) is 5.92 Å². The van der Waals surface area contributed by atoms with E-state index in [1.165, 1.54) is 12.8 Å². The van der Waals surface area contributed by atoms with Gasteiger partial charge in [-0.1, -0.05) is 6.92 Å². The summed E-state index contributed by atoms with van der Waals surface area (Å²) in [5.41, 5.74) is 2.98. The zero-order valence-electron chi connectivity index (χ0n) is 10.8. The summed E-state index contributed by atoms with van der Waals surface area (Å²) in [6, 6.07) is 0. The third kappa shape index (κ3) is 2.10. The van der Waals surface area contributed by atoms with Gasteiger partial charge in [0.15, 0.2) is 5.65 Å². The number of rotatable bonds is 3. The van der Waals surface area contributed by atoms with Crippen molar-refractivity contribution in [1.82, 2.24) is 24.8 Å². The van der Waals surface area contributed by atoms with Crippen LogP contribution in [0, 0.1) is 5.92 Å². The molecule has 1 N–H and O–H groups in total. The fourth-order valence-corrected chi connectivity index (χ4v) is 2.68. The first kappa shape index (κ1) is 11.6. The summed E-state index contributed by atoms with van der Waals surface area (Å²) < 4.78 is 2.17. The lowest BCUT2D eigenvalue weighted by atomic mass is 10.00. The number of aromatic nitrogens is 4. The Kier molecular flexibility index (Phi) is 3.23. The van der Waals surface area contributed by atoms with Crippen molar-refractivity contribution in [1.29, 1.82) is 0 Å². The van der Waals surface area contributed by atoms with E-state index in [0.29, 0.717) is 5.92 Å². The number of hydrogen-bond acceptors (Lipinski definition) is 4. The number of hydrogen-bond donors (Lipinski definition) is 1. The molecule has 0 spiro atoms. The van der Waals surface area contributed by atoms with Crippen molar-refractivity contribution < 1.29 is 0 Å². The van der Waals surface area contributed by atoms with E-state index >= 15 is 0 Å². The zero-order chi connectivity index (χ0) is 12.4. The molecule has 1 atom stereocenters. The molecule has 3 heterocycles. The predicted octanol–water partition coefficient (Wildman–Crippen LogP) is 1.39. The van der Waals surface area contributed by atoms with E-state index in [1.54, 1.807) is 6.33 Å². The van der Waals surface area contributed by atoms with Gasteiger partial charge < -0.3 is 9.88 Å². The fraction of sp³-hybridized carbons (Fsp3) is 0.615. The van der Waals surface area contributed by atoms with E-state index in [1.807, 2.05) is 6.33 Å².